The van der Waals surface area contributed by atoms with Gasteiger partial charge >= 0.3 is 3.93 Å². The summed E-state index contributed by atoms with van der Waals surface area (Å²) in [7, 11) is 0. The fraction of sp³-hybridized carbons (Fsp3) is 0.200. The molecule has 0 bridgehead atoms. The Morgan fingerprint density at radius 1 is 1.33 bits per heavy atom. The molecule has 2 aromatic rings. The summed E-state index contributed by atoms with van der Waals surface area (Å²) in [5, 5.41) is 11.8. The van der Waals surface area contributed by atoms with Gasteiger partial charge in [0.2, 0.25) is 0 Å². The molecule has 1 N–H and O–H groups in total. The highest BCUT2D eigenvalue weighted by Gasteiger charge is 2.37. The third-order valence-corrected chi connectivity index (χ3v) is 3.69. The van der Waals surface area contributed by atoms with Crippen LogP contribution in [0, 0.1) is 0 Å². The molecule has 1 aromatic heterocycles. The van der Waals surface area contributed by atoms with Gasteiger partial charge in [-0.15, -0.1) is 11.3 Å². The van der Waals surface area contributed by atoms with Crippen LogP contribution in [0.5, 0.6) is 0 Å². The number of fused-ring (bicyclic) bond motifs is 1. The molecular formula is C10H7F2IOS. The lowest BCUT2D eigenvalue weighted by Crippen LogP contribution is -2.17. The molecule has 0 saturated carbocycles. The molecule has 15 heavy (non-hydrogen) atoms. The van der Waals surface area contributed by atoms with Crippen LogP contribution in [0.25, 0.3) is 10.1 Å². The number of hydrogen-bond acceptors (Lipinski definition) is 2. The van der Waals surface area contributed by atoms with Crippen LogP contribution in [-0.2, 0) is 0 Å². The van der Waals surface area contributed by atoms with E-state index in [2.05, 4.69) is 0 Å². The minimum Gasteiger partial charge on any atom is -0.381 e. The molecule has 0 amide bonds. The van der Waals surface area contributed by atoms with Crippen molar-refractivity contribution in [3.63, 3.8) is 0 Å². The van der Waals surface area contributed by atoms with Crippen molar-refractivity contribution in [2.24, 2.45) is 0 Å². The number of alkyl halides is 3. The molecule has 0 aliphatic rings. The van der Waals surface area contributed by atoms with E-state index >= 15 is 0 Å². The number of hydrogen-bond donors (Lipinski definition) is 1. The molecule has 1 atom stereocenters. The summed E-state index contributed by atoms with van der Waals surface area (Å²) in [4.78, 5) is 0. The topological polar surface area (TPSA) is 20.2 Å². The van der Waals surface area contributed by atoms with E-state index in [0.717, 1.165) is 27.3 Å². The molecule has 0 saturated heterocycles. The van der Waals surface area contributed by atoms with Crippen LogP contribution in [0.2, 0.25) is 0 Å². The number of rotatable bonds is 2. The molecule has 1 nitrogen and oxygen atoms in total. The van der Waals surface area contributed by atoms with Gasteiger partial charge in [0, 0.05) is 32.9 Å². The van der Waals surface area contributed by atoms with Crippen LogP contribution in [-0.4, -0.2) is 9.04 Å². The molecule has 2 rings (SSSR count). The Kier molecular flexibility index (Phi) is 2.96. The van der Waals surface area contributed by atoms with Crippen molar-refractivity contribution >= 4 is 44.0 Å². The molecule has 0 aliphatic carbocycles. The Hall–Kier alpha value is -0.270. The van der Waals surface area contributed by atoms with Crippen LogP contribution in [0.3, 0.4) is 0 Å². The summed E-state index contributed by atoms with van der Waals surface area (Å²) in [6.45, 7) is 0. The molecule has 1 unspecified atom stereocenters. The molecular weight excluding hydrogens is 333 g/mol. The molecule has 0 fully saturated rings. The predicted molar refractivity (Wildman–Crippen MR) is 65.8 cm³/mol. The van der Waals surface area contributed by atoms with Gasteiger partial charge in [-0.3, -0.25) is 0 Å². The van der Waals surface area contributed by atoms with E-state index in [-0.39, 0.29) is 0 Å². The maximum Gasteiger partial charge on any atom is 0.325 e. The van der Waals surface area contributed by atoms with E-state index in [9.17, 15) is 13.9 Å². The summed E-state index contributed by atoms with van der Waals surface area (Å²) >= 11 is 2.32. The van der Waals surface area contributed by atoms with Gasteiger partial charge < -0.3 is 5.11 Å². The average Bonchev–Trinajstić information content (AvgIpc) is 2.58. The van der Waals surface area contributed by atoms with Crippen LogP contribution in [0.4, 0.5) is 8.78 Å². The molecule has 1 aromatic carbocycles. The lowest BCUT2D eigenvalue weighted by Gasteiger charge is -2.15. The molecule has 0 spiro atoms. The Balaban J connectivity index is 2.53. The van der Waals surface area contributed by atoms with Crippen molar-refractivity contribution in [2.75, 3.05) is 0 Å². The van der Waals surface area contributed by atoms with E-state index in [4.69, 9.17) is 0 Å². The Labute approximate surface area is 103 Å². The number of benzene rings is 1. The largest absolute Gasteiger partial charge is 0.381 e. The zero-order valence-corrected chi connectivity index (χ0v) is 10.4. The maximum absolute atomic E-state index is 12.9. The second kappa shape index (κ2) is 3.95. The number of halogens is 3. The van der Waals surface area contributed by atoms with Gasteiger partial charge in [-0.25, -0.2) is 0 Å². The van der Waals surface area contributed by atoms with E-state index in [0.29, 0.717) is 10.9 Å². The summed E-state index contributed by atoms with van der Waals surface area (Å²) in [5.41, 5.74) is 0.301. The van der Waals surface area contributed by atoms with Crippen molar-refractivity contribution in [1.82, 2.24) is 0 Å². The molecule has 1 heterocycles. The Morgan fingerprint density at radius 3 is 2.67 bits per heavy atom. The van der Waals surface area contributed by atoms with Crippen molar-refractivity contribution in [1.29, 1.82) is 0 Å². The van der Waals surface area contributed by atoms with Crippen LogP contribution >= 0.6 is 33.9 Å². The average molecular weight is 340 g/mol. The van der Waals surface area contributed by atoms with E-state index in [1.165, 1.54) is 11.3 Å². The molecule has 0 radical (unpaired) electrons. The van der Waals surface area contributed by atoms with Crippen molar-refractivity contribution in [3.8, 4) is 0 Å². The van der Waals surface area contributed by atoms with Gasteiger partial charge in [0.15, 0.2) is 6.10 Å². The van der Waals surface area contributed by atoms with Crippen molar-refractivity contribution in [3.05, 3.63) is 35.2 Å². The summed E-state index contributed by atoms with van der Waals surface area (Å²) < 4.78 is 23.7. The second-order valence-electron chi connectivity index (χ2n) is 3.13. The first-order valence-electron chi connectivity index (χ1n) is 4.21. The normalized spacial score (nSPS) is 14.4. The van der Waals surface area contributed by atoms with E-state index in [1.54, 1.807) is 17.5 Å². The quantitative estimate of drug-likeness (QED) is 0.648. The SMILES string of the molecule is OC(c1csc2ccccc12)C(F)(F)I. The third kappa shape index (κ3) is 2.14. The summed E-state index contributed by atoms with van der Waals surface area (Å²) in [6.07, 6.45) is -1.74. The van der Waals surface area contributed by atoms with Crippen molar-refractivity contribution < 1.29 is 13.9 Å². The highest BCUT2D eigenvalue weighted by Crippen LogP contribution is 2.41. The third-order valence-electron chi connectivity index (χ3n) is 2.12. The van der Waals surface area contributed by atoms with Crippen molar-refractivity contribution in [2.45, 2.75) is 10.0 Å². The lowest BCUT2D eigenvalue weighted by molar-refractivity contribution is -0.0196. The fourth-order valence-corrected chi connectivity index (χ4v) is 2.70. The zero-order valence-electron chi connectivity index (χ0n) is 7.45. The smallest absolute Gasteiger partial charge is 0.325 e. The Morgan fingerprint density at radius 2 is 2.00 bits per heavy atom. The first-order valence-corrected chi connectivity index (χ1v) is 6.17. The van der Waals surface area contributed by atoms with Gasteiger partial charge in [0.05, 0.1) is 0 Å². The van der Waals surface area contributed by atoms with Gasteiger partial charge in [-0.2, -0.15) is 8.78 Å². The van der Waals surface area contributed by atoms with Crippen LogP contribution in [0.15, 0.2) is 29.6 Å². The molecule has 5 heteroatoms. The highest BCUT2D eigenvalue weighted by molar-refractivity contribution is 14.1. The van der Waals surface area contributed by atoms with Gasteiger partial charge in [0.25, 0.3) is 0 Å². The van der Waals surface area contributed by atoms with E-state index in [1.807, 2.05) is 12.1 Å². The minimum absolute atomic E-state index is 0.301. The highest BCUT2D eigenvalue weighted by atomic mass is 127. The monoisotopic (exact) mass is 340 g/mol. The Bertz CT molecular complexity index is 477. The second-order valence-corrected chi connectivity index (χ2v) is 5.48. The standard InChI is InChI=1S/C10H7F2IOS/c11-10(12,13)9(14)7-5-15-8-4-2-1-3-6(7)8/h1-5,9,14H. The van der Waals surface area contributed by atoms with Crippen LogP contribution in [0.1, 0.15) is 11.7 Å². The van der Waals surface area contributed by atoms with E-state index < -0.39 is 10.0 Å². The summed E-state index contributed by atoms with van der Waals surface area (Å²) in [5.74, 6) is 0. The van der Waals surface area contributed by atoms with Gasteiger partial charge in [-0.05, 0) is 16.8 Å². The molecule has 80 valence electrons. The number of thiophene rings is 1. The zero-order chi connectivity index (χ0) is 11.1. The number of aliphatic hydroxyl groups is 1. The first-order chi connectivity index (χ1) is 7.00. The first kappa shape index (κ1) is 11.2. The maximum atomic E-state index is 12.9. The van der Waals surface area contributed by atoms with Gasteiger partial charge in [0.1, 0.15) is 0 Å². The fourth-order valence-electron chi connectivity index (χ4n) is 1.39. The van der Waals surface area contributed by atoms with Gasteiger partial charge in [-0.1, -0.05) is 18.2 Å². The predicted octanol–water partition coefficient (Wildman–Crippen LogP) is 3.96. The minimum atomic E-state index is -3.14. The summed E-state index contributed by atoms with van der Waals surface area (Å²) in [6, 6.07) is 7.21. The van der Waals surface area contributed by atoms with Crippen LogP contribution < -0.4 is 0 Å². The molecule has 0 aliphatic heterocycles. The lowest BCUT2D eigenvalue weighted by atomic mass is 10.1. The number of aliphatic hydroxyl groups excluding tert-OH is 1.